The molecule has 0 aliphatic rings. The van der Waals surface area contributed by atoms with Crippen molar-refractivity contribution in [3.8, 4) is 0 Å². The maximum atomic E-state index is 11.7. The van der Waals surface area contributed by atoms with Crippen LogP contribution >= 0.6 is 0 Å². The molecule has 0 radical (unpaired) electrons. The molecule has 1 amide bonds. The Hall–Kier alpha value is -0.770. The van der Waals surface area contributed by atoms with Gasteiger partial charge in [0.1, 0.15) is 5.60 Å². The van der Waals surface area contributed by atoms with Gasteiger partial charge in [-0.1, -0.05) is 90.4 Å². The number of unbranched alkanes of at least 4 members (excludes halogenated alkanes) is 12. The number of carbonyl (C=O) groups is 1. The third-order valence-corrected chi connectivity index (χ3v) is 4.93. The number of aliphatic hydroxyl groups excluding tert-OH is 1. The molecule has 0 aromatic carbocycles. The van der Waals surface area contributed by atoms with Gasteiger partial charge in [0, 0.05) is 0 Å². The molecule has 0 saturated carbocycles. The van der Waals surface area contributed by atoms with Crippen molar-refractivity contribution in [1.29, 1.82) is 0 Å². The lowest BCUT2D eigenvalue weighted by Gasteiger charge is -2.24. The van der Waals surface area contributed by atoms with Crippen LogP contribution < -0.4 is 5.32 Å². The molecule has 0 fully saturated rings. The minimum atomic E-state index is -0.510. The molecular formula is C23H47NO3. The Morgan fingerprint density at radius 3 is 1.67 bits per heavy atom. The molecule has 2 atom stereocenters. The number of aliphatic hydroxyl groups is 1. The van der Waals surface area contributed by atoms with Gasteiger partial charge in [-0.2, -0.15) is 0 Å². The van der Waals surface area contributed by atoms with Crippen molar-refractivity contribution < 1.29 is 14.6 Å². The largest absolute Gasteiger partial charge is 0.444 e. The Morgan fingerprint density at radius 2 is 1.26 bits per heavy atom. The predicted octanol–water partition coefficient (Wildman–Crippen LogP) is 6.74. The number of amides is 1. The highest BCUT2D eigenvalue weighted by Gasteiger charge is 2.21. The summed E-state index contributed by atoms with van der Waals surface area (Å²) in [6.45, 7) is 9.60. The summed E-state index contributed by atoms with van der Waals surface area (Å²) in [4.78, 5) is 11.7. The van der Waals surface area contributed by atoms with E-state index in [0.717, 1.165) is 19.3 Å². The summed E-state index contributed by atoms with van der Waals surface area (Å²) in [5.41, 5.74) is -0.510. The number of alkyl carbamates (subject to hydrolysis) is 1. The van der Waals surface area contributed by atoms with Crippen LogP contribution in [-0.2, 0) is 4.74 Å². The number of ether oxygens (including phenoxy) is 1. The summed E-state index contributed by atoms with van der Waals surface area (Å²) < 4.78 is 5.22. The standard InChI is InChI=1S/C23H47NO3/c1-6-7-8-9-10-11-12-13-14-15-16-17-18-19-21(25)20(2)24-22(26)27-23(3,4)5/h20-21,25H,6-19H2,1-5H3,(H,24,26). The summed E-state index contributed by atoms with van der Waals surface area (Å²) in [5.74, 6) is 0. The van der Waals surface area contributed by atoms with E-state index in [2.05, 4.69) is 12.2 Å². The molecule has 0 heterocycles. The van der Waals surface area contributed by atoms with Crippen molar-refractivity contribution in [1.82, 2.24) is 5.32 Å². The summed E-state index contributed by atoms with van der Waals surface area (Å²) in [7, 11) is 0. The number of hydrogen-bond donors (Lipinski definition) is 2. The Bertz CT molecular complexity index is 352. The van der Waals surface area contributed by atoms with Gasteiger partial charge in [-0.15, -0.1) is 0 Å². The third kappa shape index (κ3) is 18.4. The second kappa shape index (κ2) is 16.2. The van der Waals surface area contributed by atoms with E-state index in [-0.39, 0.29) is 6.04 Å². The van der Waals surface area contributed by atoms with E-state index in [9.17, 15) is 9.90 Å². The van der Waals surface area contributed by atoms with E-state index in [4.69, 9.17) is 4.74 Å². The van der Waals surface area contributed by atoms with Gasteiger partial charge >= 0.3 is 6.09 Å². The fourth-order valence-electron chi connectivity index (χ4n) is 3.21. The minimum Gasteiger partial charge on any atom is -0.444 e. The molecule has 0 aliphatic heterocycles. The van der Waals surface area contributed by atoms with Crippen molar-refractivity contribution in [2.75, 3.05) is 0 Å². The first-order chi connectivity index (χ1) is 12.8. The van der Waals surface area contributed by atoms with Crippen LogP contribution in [0.4, 0.5) is 4.79 Å². The Kier molecular flexibility index (Phi) is 15.7. The van der Waals surface area contributed by atoms with E-state index in [1.54, 1.807) is 0 Å². The van der Waals surface area contributed by atoms with Gasteiger partial charge in [0.2, 0.25) is 0 Å². The maximum Gasteiger partial charge on any atom is 0.407 e. The van der Waals surface area contributed by atoms with E-state index < -0.39 is 17.8 Å². The van der Waals surface area contributed by atoms with Crippen LogP contribution in [0.25, 0.3) is 0 Å². The monoisotopic (exact) mass is 385 g/mol. The Balaban J connectivity index is 3.47. The molecule has 4 nitrogen and oxygen atoms in total. The van der Waals surface area contributed by atoms with Crippen molar-refractivity contribution in [3.63, 3.8) is 0 Å². The first-order valence-corrected chi connectivity index (χ1v) is 11.4. The summed E-state index contributed by atoms with van der Waals surface area (Å²) in [6, 6.07) is -0.280. The van der Waals surface area contributed by atoms with Crippen molar-refractivity contribution >= 4 is 6.09 Å². The zero-order valence-electron chi connectivity index (χ0n) is 18.8. The number of rotatable bonds is 16. The molecule has 2 unspecified atom stereocenters. The first kappa shape index (κ1) is 26.2. The molecule has 0 bridgehead atoms. The topological polar surface area (TPSA) is 58.6 Å². The van der Waals surface area contributed by atoms with Crippen LogP contribution in [0.3, 0.4) is 0 Å². The van der Waals surface area contributed by atoms with Gasteiger partial charge in [-0.05, 0) is 34.1 Å². The smallest absolute Gasteiger partial charge is 0.407 e. The Labute approximate surface area is 168 Å². The average Bonchev–Trinajstić information content (AvgIpc) is 2.57. The minimum absolute atomic E-state index is 0.280. The molecule has 0 saturated heterocycles. The van der Waals surface area contributed by atoms with Crippen molar-refractivity contribution in [3.05, 3.63) is 0 Å². The molecule has 27 heavy (non-hydrogen) atoms. The highest BCUT2D eigenvalue weighted by molar-refractivity contribution is 5.68. The molecule has 0 aromatic heterocycles. The normalized spacial score (nSPS) is 14.0. The van der Waals surface area contributed by atoms with E-state index in [0.29, 0.717) is 0 Å². The molecule has 0 aliphatic carbocycles. The number of hydrogen-bond acceptors (Lipinski definition) is 3. The van der Waals surface area contributed by atoms with Gasteiger partial charge < -0.3 is 15.2 Å². The second-order valence-electron chi connectivity index (χ2n) is 9.03. The molecule has 0 rings (SSSR count). The van der Waals surface area contributed by atoms with Gasteiger partial charge in [0.15, 0.2) is 0 Å². The molecule has 2 N–H and O–H groups in total. The van der Waals surface area contributed by atoms with Crippen LogP contribution in [0.15, 0.2) is 0 Å². The summed E-state index contributed by atoms with van der Waals surface area (Å²) in [5, 5.41) is 12.9. The summed E-state index contributed by atoms with van der Waals surface area (Å²) >= 11 is 0. The molecule has 0 spiro atoms. The van der Waals surface area contributed by atoms with E-state index in [1.807, 2.05) is 27.7 Å². The zero-order valence-corrected chi connectivity index (χ0v) is 18.8. The van der Waals surface area contributed by atoms with Gasteiger partial charge in [-0.3, -0.25) is 0 Å². The highest BCUT2D eigenvalue weighted by Crippen LogP contribution is 2.14. The van der Waals surface area contributed by atoms with E-state index >= 15 is 0 Å². The van der Waals surface area contributed by atoms with Crippen LogP contribution in [0.1, 0.15) is 125 Å². The molecule has 162 valence electrons. The lowest BCUT2D eigenvalue weighted by atomic mass is 10.0. The highest BCUT2D eigenvalue weighted by atomic mass is 16.6. The number of nitrogens with one attached hydrogen (secondary N) is 1. The lowest BCUT2D eigenvalue weighted by Crippen LogP contribution is -2.43. The molecule has 4 heteroatoms. The average molecular weight is 386 g/mol. The first-order valence-electron chi connectivity index (χ1n) is 11.4. The number of carbonyl (C=O) groups excluding carboxylic acids is 1. The molecular weight excluding hydrogens is 338 g/mol. The van der Waals surface area contributed by atoms with Crippen LogP contribution in [0, 0.1) is 0 Å². The lowest BCUT2D eigenvalue weighted by molar-refractivity contribution is 0.0426. The second-order valence-corrected chi connectivity index (χ2v) is 9.03. The Morgan fingerprint density at radius 1 is 0.852 bits per heavy atom. The SMILES string of the molecule is CCCCCCCCCCCCCCCC(O)C(C)NC(=O)OC(C)(C)C. The van der Waals surface area contributed by atoms with Gasteiger partial charge in [-0.25, -0.2) is 4.79 Å². The fraction of sp³-hybridized carbons (Fsp3) is 0.957. The zero-order chi connectivity index (χ0) is 20.5. The van der Waals surface area contributed by atoms with Crippen molar-refractivity contribution in [2.24, 2.45) is 0 Å². The van der Waals surface area contributed by atoms with Gasteiger partial charge in [0.05, 0.1) is 12.1 Å². The van der Waals surface area contributed by atoms with Crippen LogP contribution in [-0.4, -0.2) is 28.9 Å². The third-order valence-electron chi connectivity index (χ3n) is 4.93. The predicted molar refractivity (Wildman–Crippen MR) is 115 cm³/mol. The van der Waals surface area contributed by atoms with Crippen LogP contribution in [0.5, 0.6) is 0 Å². The fourth-order valence-corrected chi connectivity index (χ4v) is 3.21. The van der Waals surface area contributed by atoms with E-state index in [1.165, 1.54) is 70.6 Å². The maximum absolute atomic E-state index is 11.7. The molecule has 0 aromatic rings. The quantitative estimate of drug-likeness (QED) is 0.289. The van der Waals surface area contributed by atoms with Crippen LogP contribution in [0.2, 0.25) is 0 Å². The van der Waals surface area contributed by atoms with Crippen molar-refractivity contribution in [2.45, 2.75) is 142 Å². The van der Waals surface area contributed by atoms with Gasteiger partial charge in [0.25, 0.3) is 0 Å². The summed E-state index contributed by atoms with van der Waals surface area (Å²) in [6.07, 6.45) is 16.9.